The van der Waals surface area contributed by atoms with Crippen LogP contribution in [0.3, 0.4) is 0 Å². The number of imidazole rings is 1. The molecule has 5 aromatic rings. The summed E-state index contributed by atoms with van der Waals surface area (Å²) < 4.78 is 2.04. The van der Waals surface area contributed by atoms with Crippen molar-refractivity contribution in [2.45, 2.75) is 25.4 Å². The lowest BCUT2D eigenvalue weighted by atomic mass is 10.0. The SMILES string of the molecule is N#Cc1cncc(NC2CCN(Cc3ccc(-n4c(-c5cccnc5N)nc5cccnc54)cc3)CC2)c1. The van der Waals surface area contributed by atoms with Crippen molar-refractivity contribution < 1.29 is 0 Å². The monoisotopic (exact) mass is 501 g/mol. The summed E-state index contributed by atoms with van der Waals surface area (Å²) in [5.41, 5.74) is 12.3. The number of nitrogens with zero attached hydrogens (tertiary/aromatic N) is 7. The summed E-state index contributed by atoms with van der Waals surface area (Å²) >= 11 is 0. The average molecular weight is 502 g/mol. The molecule has 1 fully saturated rings. The molecule has 3 N–H and O–H groups in total. The van der Waals surface area contributed by atoms with Gasteiger partial charge in [0.15, 0.2) is 11.5 Å². The highest BCUT2D eigenvalue weighted by atomic mass is 15.1. The number of benzene rings is 1. The number of nitrogens with two attached hydrogens (primary N) is 1. The van der Waals surface area contributed by atoms with Crippen LogP contribution in [0.1, 0.15) is 24.0 Å². The van der Waals surface area contributed by atoms with Crippen molar-refractivity contribution in [1.82, 2.24) is 29.4 Å². The topological polar surface area (TPSA) is 122 Å². The third-order valence-electron chi connectivity index (χ3n) is 6.92. The van der Waals surface area contributed by atoms with E-state index in [0.29, 0.717) is 17.4 Å². The number of fused-ring (bicyclic) bond motifs is 1. The summed E-state index contributed by atoms with van der Waals surface area (Å²) in [6, 6.07) is 20.6. The number of nitrogens with one attached hydrogen (secondary N) is 1. The molecule has 9 heteroatoms. The maximum Gasteiger partial charge on any atom is 0.164 e. The minimum atomic E-state index is 0.379. The average Bonchev–Trinajstić information content (AvgIpc) is 3.34. The highest BCUT2D eigenvalue weighted by molar-refractivity contribution is 5.82. The Labute approximate surface area is 220 Å². The first-order chi connectivity index (χ1) is 18.7. The van der Waals surface area contributed by atoms with Gasteiger partial charge in [-0.2, -0.15) is 5.26 Å². The van der Waals surface area contributed by atoms with E-state index in [-0.39, 0.29) is 0 Å². The van der Waals surface area contributed by atoms with E-state index < -0.39 is 0 Å². The normalized spacial score (nSPS) is 14.4. The van der Waals surface area contributed by atoms with E-state index in [9.17, 15) is 0 Å². The number of likely N-dealkylation sites (tertiary alicyclic amines) is 1. The van der Waals surface area contributed by atoms with Crippen LogP contribution in [0, 0.1) is 11.3 Å². The van der Waals surface area contributed by atoms with Crippen molar-refractivity contribution in [2.24, 2.45) is 0 Å². The Balaban J connectivity index is 1.16. The van der Waals surface area contributed by atoms with Crippen LogP contribution >= 0.6 is 0 Å². The highest BCUT2D eigenvalue weighted by Crippen LogP contribution is 2.30. The number of pyridine rings is 3. The molecule has 5 heterocycles. The summed E-state index contributed by atoms with van der Waals surface area (Å²) in [5, 5.41) is 12.6. The maximum absolute atomic E-state index is 9.10. The second-order valence-electron chi connectivity index (χ2n) is 9.49. The zero-order valence-electron chi connectivity index (χ0n) is 20.8. The van der Waals surface area contributed by atoms with E-state index in [1.54, 1.807) is 24.8 Å². The highest BCUT2D eigenvalue weighted by Gasteiger charge is 2.20. The Morgan fingerprint density at radius 3 is 2.58 bits per heavy atom. The van der Waals surface area contributed by atoms with Crippen LogP contribution in [0.25, 0.3) is 28.2 Å². The van der Waals surface area contributed by atoms with Gasteiger partial charge in [-0.15, -0.1) is 0 Å². The smallest absolute Gasteiger partial charge is 0.164 e. The predicted octanol–water partition coefficient (Wildman–Crippen LogP) is 4.41. The quantitative estimate of drug-likeness (QED) is 0.351. The molecule has 1 aromatic carbocycles. The van der Waals surface area contributed by atoms with Gasteiger partial charge >= 0.3 is 0 Å². The van der Waals surface area contributed by atoms with Gasteiger partial charge in [0, 0.05) is 50.0 Å². The van der Waals surface area contributed by atoms with E-state index in [1.807, 2.05) is 34.9 Å². The molecule has 6 rings (SSSR count). The van der Waals surface area contributed by atoms with Crippen molar-refractivity contribution in [3.63, 3.8) is 0 Å². The van der Waals surface area contributed by atoms with Crippen LogP contribution in [-0.4, -0.2) is 48.5 Å². The minimum Gasteiger partial charge on any atom is -0.383 e. The molecule has 1 aliphatic rings. The van der Waals surface area contributed by atoms with Crippen LogP contribution in [0.2, 0.25) is 0 Å². The van der Waals surface area contributed by atoms with Gasteiger partial charge in [0.1, 0.15) is 17.4 Å². The van der Waals surface area contributed by atoms with Gasteiger partial charge in [-0.1, -0.05) is 12.1 Å². The number of anilines is 2. The molecule has 38 heavy (non-hydrogen) atoms. The number of nitriles is 1. The second-order valence-corrected chi connectivity index (χ2v) is 9.49. The van der Waals surface area contributed by atoms with Gasteiger partial charge in [-0.05, 0) is 60.9 Å². The molecule has 0 unspecified atom stereocenters. The molecule has 0 bridgehead atoms. The van der Waals surface area contributed by atoms with Crippen LogP contribution in [0.15, 0.2) is 79.4 Å². The molecular formula is C29H27N9. The first-order valence-electron chi connectivity index (χ1n) is 12.7. The number of hydrogen-bond donors (Lipinski definition) is 2. The molecule has 9 nitrogen and oxygen atoms in total. The van der Waals surface area contributed by atoms with Gasteiger partial charge < -0.3 is 11.1 Å². The van der Waals surface area contributed by atoms with Crippen LogP contribution in [0.5, 0.6) is 0 Å². The molecule has 0 spiro atoms. The fourth-order valence-corrected chi connectivity index (χ4v) is 5.00. The molecule has 0 atom stereocenters. The molecule has 0 aliphatic carbocycles. The predicted molar refractivity (Wildman–Crippen MR) is 147 cm³/mol. The lowest BCUT2D eigenvalue weighted by molar-refractivity contribution is 0.211. The van der Waals surface area contributed by atoms with E-state index in [1.165, 1.54) is 5.56 Å². The van der Waals surface area contributed by atoms with E-state index in [0.717, 1.165) is 66.4 Å². The lowest BCUT2D eigenvalue weighted by Gasteiger charge is -2.32. The van der Waals surface area contributed by atoms with Gasteiger partial charge in [-0.25, -0.2) is 15.0 Å². The summed E-state index contributed by atoms with van der Waals surface area (Å²) in [6.45, 7) is 2.90. The Hall–Kier alpha value is -4.81. The molecule has 0 radical (unpaired) electrons. The van der Waals surface area contributed by atoms with Crippen LogP contribution < -0.4 is 11.1 Å². The number of piperidine rings is 1. The fraction of sp³-hybridized carbons (Fsp3) is 0.207. The van der Waals surface area contributed by atoms with E-state index in [4.69, 9.17) is 16.0 Å². The summed E-state index contributed by atoms with van der Waals surface area (Å²) in [7, 11) is 0. The molecule has 188 valence electrons. The summed E-state index contributed by atoms with van der Waals surface area (Å²) in [4.78, 5) is 20.3. The number of nitrogen functional groups attached to an aromatic ring is 1. The van der Waals surface area contributed by atoms with E-state index in [2.05, 4.69) is 55.5 Å². The molecular weight excluding hydrogens is 474 g/mol. The number of rotatable bonds is 6. The second kappa shape index (κ2) is 10.3. The standard InChI is InChI=1S/C29H27N9/c30-16-21-15-23(18-32-17-21)35-22-9-13-37(14-10-22)19-20-5-7-24(8-6-20)38-28(25-3-1-11-33-27(25)31)36-26-4-2-12-34-29(26)38/h1-8,11-12,15,17-18,22,35H,9-10,13-14,19H2,(H2,31,33). The first-order valence-corrected chi connectivity index (χ1v) is 12.7. The van der Waals surface area contributed by atoms with Gasteiger partial charge in [-0.3, -0.25) is 14.5 Å². The summed E-state index contributed by atoms with van der Waals surface area (Å²) in [6.07, 6.45) is 8.90. The fourth-order valence-electron chi connectivity index (χ4n) is 5.00. The Morgan fingerprint density at radius 2 is 1.79 bits per heavy atom. The van der Waals surface area contributed by atoms with Crippen molar-refractivity contribution in [2.75, 3.05) is 24.1 Å². The molecule has 1 saturated heterocycles. The van der Waals surface area contributed by atoms with Gasteiger partial charge in [0.2, 0.25) is 0 Å². The maximum atomic E-state index is 9.10. The Morgan fingerprint density at radius 1 is 1.00 bits per heavy atom. The van der Waals surface area contributed by atoms with E-state index >= 15 is 0 Å². The zero-order chi connectivity index (χ0) is 25.9. The molecule has 4 aromatic heterocycles. The Kier molecular flexibility index (Phi) is 6.38. The molecule has 0 amide bonds. The van der Waals surface area contributed by atoms with Gasteiger partial charge in [0.25, 0.3) is 0 Å². The molecule has 1 aliphatic heterocycles. The van der Waals surface area contributed by atoms with Crippen LogP contribution in [0.4, 0.5) is 11.5 Å². The largest absolute Gasteiger partial charge is 0.383 e. The van der Waals surface area contributed by atoms with Crippen molar-refractivity contribution in [3.05, 3.63) is 90.5 Å². The van der Waals surface area contributed by atoms with Crippen LogP contribution in [-0.2, 0) is 6.54 Å². The lowest BCUT2D eigenvalue weighted by Crippen LogP contribution is -2.38. The van der Waals surface area contributed by atoms with Crippen molar-refractivity contribution in [3.8, 4) is 23.1 Å². The number of aromatic nitrogens is 5. The number of hydrogen-bond acceptors (Lipinski definition) is 8. The minimum absolute atomic E-state index is 0.379. The molecule has 0 saturated carbocycles. The van der Waals surface area contributed by atoms with Gasteiger partial charge in [0.05, 0.1) is 23.0 Å². The third-order valence-corrected chi connectivity index (χ3v) is 6.92. The third kappa shape index (κ3) is 4.77. The first kappa shape index (κ1) is 23.6. The van der Waals surface area contributed by atoms with Crippen molar-refractivity contribution in [1.29, 1.82) is 5.26 Å². The Bertz CT molecular complexity index is 1610. The summed E-state index contributed by atoms with van der Waals surface area (Å²) in [5.74, 6) is 1.16. The zero-order valence-corrected chi connectivity index (χ0v) is 20.8. The van der Waals surface area contributed by atoms with Crippen molar-refractivity contribution >= 4 is 22.7 Å².